The summed E-state index contributed by atoms with van der Waals surface area (Å²) in [6.07, 6.45) is -2.47. The molecule has 0 spiro atoms. The van der Waals surface area contributed by atoms with E-state index in [1.165, 1.54) is 0 Å². The molecule has 0 bridgehead atoms. The van der Waals surface area contributed by atoms with Crippen LogP contribution < -0.4 is 5.32 Å². The van der Waals surface area contributed by atoms with Gasteiger partial charge in [-0.05, 0) is 78.4 Å². The molecule has 1 saturated heterocycles. The van der Waals surface area contributed by atoms with Gasteiger partial charge in [-0.1, -0.05) is 62.4 Å². The van der Waals surface area contributed by atoms with Crippen molar-refractivity contribution in [1.82, 2.24) is 15.1 Å². The summed E-state index contributed by atoms with van der Waals surface area (Å²) >= 11 is 0. The minimum atomic E-state index is -1.23. The van der Waals surface area contributed by atoms with Crippen molar-refractivity contribution in [3.8, 4) is 0 Å². The van der Waals surface area contributed by atoms with Gasteiger partial charge in [-0.2, -0.15) is 0 Å². The Bertz CT molecular complexity index is 1670. The average molecular weight is 812 g/mol. The number of hydrogen-bond acceptors (Lipinski definition) is 13. The van der Waals surface area contributed by atoms with E-state index in [-0.39, 0.29) is 37.8 Å². The minimum absolute atomic E-state index is 0.0523. The van der Waals surface area contributed by atoms with Gasteiger partial charge < -0.3 is 48.5 Å². The summed E-state index contributed by atoms with van der Waals surface area (Å²) in [7, 11) is 7.36. The number of alkyl carbamates (subject to hydrolysis) is 1. The normalized spacial score (nSPS) is 23.9. The first-order chi connectivity index (χ1) is 27.4. The summed E-state index contributed by atoms with van der Waals surface area (Å²) in [6, 6.07) is 17.5. The Morgan fingerprint density at radius 2 is 1.67 bits per heavy atom. The monoisotopic (exact) mass is 811 g/mol. The molecular weight excluding hydrogens is 746 g/mol. The number of likely N-dealkylation sites (N-methyl/N-ethyl adjacent to an activating group) is 2. The molecule has 0 radical (unpaired) electrons. The van der Waals surface area contributed by atoms with Gasteiger partial charge in [0.15, 0.2) is 12.4 Å². The molecule has 2 aromatic rings. The Kier molecular flexibility index (Phi) is 16.7. The van der Waals surface area contributed by atoms with Crippen molar-refractivity contribution in [2.24, 2.45) is 11.8 Å². The number of nitrogens with zero attached hydrogens (tertiary/aromatic N) is 2. The van der Waals surface area contributed by atoms with E-state index < -0.39 is 59.9 Å². The van der Waals surface area contributed by atoms with Crippen molar-refractivity contribution in [2.45, 2.75) is 116 Å². The zero-order chi connectivity index (χ0) is 42.8. The standard InChI is InChI=1S/C44H65N3O11/c1-28(25-47(10)34(26-48)24-45-42(51)53-27-32-18-14-12-15-19-32)23-44(7,52-11)38(30(3)36-31(4)39(49)58-43(5,6)57-36)56-41-37(35(46(8)9)22-29(2)54-41)55-40(50)33-20-16-13-17-21-33/h12-21,28-30,34-35,37-38,41,48H,22-27H2,1-11H3,(H,45,51)/t28-,29-,30+,34+,35+,37-,38-,41+,44-/m1/s1. The summed E-state index contributed by atoms with van der Waals surface area (Å²) in [5, 5.41) is 13.1. The third-order valence-electron chi connectivity index (χ3n) is 11.0. The summed E-state index contributed by atoms with van der Waals surface area (Å²) in [6.45, 7) is 13.5. The van der Waals surface area contributed by atoms with Crippen molar-refractivity contribution in [1.29, 1.82) is 0 Å². The van der Waals surface area contributed by atoms with E-state index in [1.54, 1.807) is 52.1 Å². The van der Waals surface area contributed by atoms with Crippen molar-refractivity contribution in [3.63, 3.8) is 0 Å². The molecule has 2 heterocycles. The first-order valence-electron chi connectivity index (χ1n) is 20.0. The lowest BCUT2D eigenvalue weighted by atomic mass is 9.80. The Labute approximate surface area is 344 Å². The van der Waals surface area contributed by atoms with Gasteiger partial charge >= 0.3 is 18.0 Å². The van der Waals surface area contributed by atoms with Crippen LogP contribution in [0.3, 0.4) is 0 Å². The molecule has 14 heteroatoms. The molecule has 0 aliphatic carbocycles. The maximum absolute atomic E-state index is 13.6. The third-order valence-corrected chi connectivity index (χ3v) is 11.0. The van der Waals surface area contributed by atoms with Crippen LogP contribution in [0.15, 0.2) is 72.0 Å². The SMILES string of the molecule is CO[C@](C)(C[C@@H](C)CN(C)[C@H](CO)CNC(=O)OCc1ccccc1)[C@H](O[C@@H]1O[C@H](C)C[C@H](N(C)C)[C@H]1OC(=O)c1ccccc1)[C@@H](C)C1=C(C)C(=O)OC(C)(C)O1. The summed E-state index contributed by atoms with van der Waals surface area (Å²) in [5.74, 6) is -2.47. The average Bonchev–Trinajstić information content (AvgIpc) is 3.18. The smallest absolute Gasteiger partial charge is 0.407 e. The zero-order valence-electron chi connectivity index (χ0n) is 36.1. The van der Waals surface area contributed by atoms with Gasteiger partial charge in [0.25, 0.3) is 0 Å². The number of nitrogens with one attached hydrogen (secondary N) is 1. The minimum Gasteiger partial charge on any atom is -0.456 e. The molecular formula is C44H65N3O11. The fourth-order valence-corrected chi connectivity index (χ4v) is 7.85. The lowest BCUT2D eigenvalue weighted by Crippen LogP contribution is -2.59. The Morgan fingerprint density at radius 1 is 1.03 bits per heavy atom. The second-order valence-electron chi connectivity index (χ2n) is 16.6. The predicted octanol–water partition coefficient (Wildman–Crippen LogP) is 5.53. The third kappa shape index (κ3) is 12.5. The van der Waals surface area contributed by atoms with Gasteiger partial charge in [0.1, 0.15) is 12.4 Å². The molecule has 0 saturated carbocycles. The number of esters is 2. The molecule has 2 N–H and O–H groups in total. The Morgan fingerprint density at radius 3 is 2.28 bits per heavy atom. The van der Waals surface area contributed by atoms with E-state index in [2.05, 4.69) is 12.2 Å². The first kappa shape index (κ1) is 46.6. The van der Waals surface area contributed by atoms with Crippen molar-refractivity contribution >= 4 is 18.0 Å². The number of amides is 1. The van der Waals surface area contributed by atoms with Gasteiger partial charge in [0, 0.05) is 46.0 Å². The van der Waals surface area contributed by atoms with E-state index in [0.717, 1.165) is 5.56 Å². The van der Waals surface area contributed by atoms with Gasteiger partial charge in [-0.15, -0.1) is 0 Å². The van der Waals surface area contributed by atoms with E-state index in [9.17, 15) is 19.5 Å². The number of cyclic esters (lactones) is 1. The molecule has 2 aliphatic rings. The maximum Gasteiger partial charge on any atom is 0.407 e. The Hall–Kier alpha value is -4.05. The van der Waals surface area contributed by atoms with Gasteiger partial charge in [0.2, 0.25) is 5.79 Å². The lowest BCUT2D eigenvalue weighted by Gasteiger charge is -2.48. The van der Waals surface area contributed by atoms with Gasteiger partial charge in [-0.3, -0.25) is 4.90 Å². The highest BCUT2D eigenvalue weighted by Gasteiger charge is 2.50. The number of aliphatic hydroxyl groups excluding tert-OH is 1. The molecule has 1 fully saturated rings. The lowest BCUT2D eigenvalue weighted by molar-refractivity contribution is -0.298. The maximum atomic E-state index is 13.6. The van der Waals surface area contributed by atoms with Crippen molar-refractivity contribution in [3.05, 3.63) is 83.1 Å². The number of carbonyl (C=O) groups excluding carboxylic acids is 3. The highest BCUT2D eigenvalue weighted by atomic mass is 16.7. The quantitative estimate of drug-likeness (QED) is 0.135. The summed E-state index contributed by atoms with van der Waals surface area (Å²) < 4.78 is 43.5. The van der Waals surface area contributed by atoms with Crippen LogP contribution >= 0.6 is 0 Å². The fourth-order valence-electron chi connectivity index (χ4n) is 7.85. The number of aliphatic hydroxyl groups is 1. The Balaban J connectivity index is 1.60. The molecule has 322 valence electrons. The van der Waals surface area contributed by atoms with Crippen LogP contribution in [-0.4, -0.2) is 129 Å². The van der Waals surface area contributed by atoms with Crippen LogP contribution in [0.25, 0.3) is 0 Å². The van der Waals surface area contributed by atoms with Crippen LogP contribution in [0.4, 0.5) is 4.79 Å². The molecule has 0 unspecified atom stereocenters. The molecule has 2 aliphatic heterocycles. The van der Waals surface area contributed by atoms with E-state index in [0.29, 0.717) is 36.3 Å². The molecule has 2 aromatic carbocycles. The second kappa shape index (κ2) is 20.8. The first-order valence-corrected chi connectivity index (χ1v) is 20.0. The second-order valence-corrected chi connectivity index (χ2v) is 16.6. The number of methoxy groups -OCH3 is 1. The molecule has 1 amide bonds. The van der Waals surface area contributed by atoms with Gasteiger partial charge in [-0.25, -0.2) is 14.4 Å². The molecule has 0 aromatic heterocycles. The molecule has 14 nitrogen and oxygen atoms in total. The van der Waals surface area contributed by atoms with Crippen LogP contribution in [-0.2, 0) is 44.6 Å². The molecule has 4 rings (SSSR count). The number of benzene rings is 2. The number of ether oxygens (including phenoxy) is 7. The fraction of sp³-hybridized carbons (Fsp3) is 0.614. The molecule has 9 atom stereocenters. The summed E-state index contributed by atoms with van der Waals surface area (Å²) in [5.41, 5.74) is 0.542. The van der Waals surface area contributed by atoms with E-state index in [1.807, 2.05) is 88.1 Å². The zero-order valence-corrected chi connectivity index (χ0v) is 36.1. The molecule has 58 heavy (non-hydrogen) atoms. The largest absolute Gasteiger partial charge is 0.456 e. The van der Waals surface area contributed by atoms with Crippen LogP contribution in [0.5, 0.6) is 0 Å². The van der Waals surface area contributed by atoms with E-state index >= 15 is 0 Å². The topological polar surface area (TPSA) is 155 Å². The van der Waals surface area contributed by atoms with E-state index in [4.69, 9.17) is 33.2 Å². The van der Waals surface area contributed by atoms with Gasteiger partial charge in [0.05, 0.1) is 41.6 Å². The van der Waals surface area contributed by atoms with Crippen molar-refractivity contribution < 1.29 is 52.6 Å². The highest BCUT2D eigenvalue weighted by molar-refractivity contribution is 5.90. The van der Waals surface area contributed by atoms with Crippen LogP contribution in [0.1, 0.15) is 77.2 Å². The van der Waals surface area contributed by atoms with Crippen molar-refractivity contribution in [2.75, 3.05) is 47.9 Å². The highest BCUT2D eigenvalue weighted by Crippen LogP contribution is 2.41. The number of hydrogen-bond donors (Lipinski definition) is 2. The van der Waals surface area contributed by atoms with Crippen LogP contribution in [0, 0.1) is 11.8 Å². The summed E-state index contributed by atoms with van der Waals surface area (Å²) in [4.78, 5) is 43.2. The number of carbonyl (C=O) groups is 3. The van der Waals surface area contributed by atoms with Crippen LogP contribution in [0.2, 0.25) is 0 Å². The number of rotatable bonds is 19. The predicted molar refractivity (Wildman–Crippen MR) is 217 cm³/mol.